The predicted molar refractivity (Wildman–Crippen MR) is 158 cm³/mol. The van der Waals surface area contributed by atoms with Crippen LogP contribution in [0.25, 0.3) is 16.6 Å². The third-order valence-electron chi connectivity index (χ3n) is 6.53. The number of anilines is 3. The van der Waals surface area contributed by atoms with Crippen LogP contribution < -0.4 is 31.6 Å². The molecule has 5 rings (SSSR count). The lowest BCUT2D eigenvalue weighted by atomic mass is 10.1. The summed E-state index contributed by atoms with van der Waals surface area (Å²) in [6.45, 7) is 7.37. The number of nitrogens with zero attached hydrogens (tertiary/aromatic N) is 3. The summed E-state index contributed by atoms with van der Waals surface area (Å²) in [5.74, 6) is -0.384. The molecule has 1 saturated carbocycles. The molecule has 0 atom stereocenters. The van der Waals surface area contributed by atoms with Gasteiger partial charge in [0.15, 0.2) is 0 Å². The van der Waals surface area contributed by atoms with E-state index in [0.29, 0.717) is 18.5 Å². The van der Waals surface area contributed by atoms with Gasteiger partial charge >= 0.3 is 5.69 Å². The van der Waals surface area contributed by atoms with E-state index < -0.39 is 22.6 Å². The second kappa shape index (κ2) is 11.5. The summed E-state index contributed by atoms with van der Waals surface area (Å²) in [5.41, 5.74) is 1.22. The van der Waals surface area contributed by atoms with Crippen LogP contribution >= 0.6 is 12.1 Å². The number of nitrogens with one attached hydrogen (secondary N) is 3. The van der Waals surface area contributed by atoms with Gasteiger partial charge in [-0.3, -0.25) is 23.3 Å². The van der Waals surface area contributed by atoms with Crippen molar-refractivity contribution in [1.82, 2.24) is 18.4 Å². The highest BCUT2D eigenvalue weighted by molar-refractivity contribution is 7.98. The molecular formula is C28H33FN6O3S. The van der Waals surface area contributed by atoms with Gasteiger partial charge in [-0.05, 0) is 75.7 Å². The molecule has 0 amide bonds. The van der Waals surface area contributed by atoms with Crippen LogP contribution in [0.3, 0.4) is 0 Å². The highest BCUT2D eigenvalue weighted by Gasteiger charge is 2.31. The molecule has 0 saturated heterocycles. The summed E-state index contributed by atoms with van der Waals surface area (Å²) >= 11 is 1.30. The average Bonchev–Trinajstić information content (AvgIpc) is 3.77. The highest BCUT2D eigenvalue weighted by Crippen LogP contribution is 2.34. The zero-order chi connectivity index (χ0) is 28.4. The molecular weight excluding hydrogens is 519 g/mol. The number of aromatic nitrogens is 3. The summed E-state index contributed by atoms with van der Waals surface area (Å²) in [6.07, 6.45) is 1.43. The molecule has 2 aromatic carbocycles. The Kier molecular flexibility index (Phi) is 8.31. The number of hydrogen-bond acceptors (Lipinski definition) is 7. The number of hydrogen-bond donors (Lipinski definition) is 3. The van der Waals surface area contributed by atoms with Gasteiger partial charge in [0.05, 0.1) is 16.9 Å². The number of benzene rings is 2. The van der Waals surface area contributed by atoms with Crippen LogP contribution in [0.2, 0.25) is 0 Å². The maximum atomic E-state index is 14.8. The minimum absolute atomic E-state index is 0.123. The third kappa shape index (κ3) is 5.24. The maximum absolute atomic E-state index is 14.8. The van der Waals surface area contributed by atoms with Gasteiger partial charge in [0, 0.05) is 36.5 Å². The van der Waals surface area contributed by atoms with E-state index in [1.165, 1.54) is 38.9 Å². The number of aryl methyl sites for hydroxylation is 2. The fourth-order valence-corrected chi connectivity index (χ4v) is 4.85. The van der Waals surface area contributed by atoms with Gasteiger partial charge in [-0.2, -0.15) is 0 Å². The van der Waals surface area contributed by atoms with Crippen LogP contribution in [0.15, 0.2) is 56.8 Å². The van der Waals surface area contributed by atoms with Gasteiger partial charge < -0.3 is 10.0 Å². The van der Waals surface area contributed by atoms with Gasteiger partial charge in [-0.25, -0.2) is 13.9 Å². The van der Waals surface area contributed by atoms with Crippen molar-refractivity contribution in [3.63, 3.8) is 0 Å². The first-order chi connectivity index (χ1) is 18.7. The number of fused-ring (bicyclic) bond motifs is 1. The van der Waals surface area contributed by atoms with Crippen molar-refractivity contribution >= 4 is 40.2 Å². The van der Waals surface area contributed by atoms with Gasteiger partial charge in [0.25, 0.3) is 11.1 Å². The molecule has 0 spiro atoms. The quantitative estimate of drug-likeness (QED) is 0.280. The Bertz CT molecular complexity index is 1700. The minimum Gasteiger partial charge on any atom is -0.338 e. The Morgan fingerprint density at radius 2 is 1.64 bits per heavy atom. The summed E-state index contributed by atoms with van der Waals surface area (Å²) in [7, 11) is 3.32. The second-order valence-electron chi connectivity index (χ2n) is 9.15. The highest BCUT2D eigenvalue weighted by atomic mass is 32.2. The van der Waals surface area contributed by atoms with Crippen LogP contribution in [-0.2, 0) is 7.05 Å². The molecule has 9 nitrogen and oxygen atoms in total. The lowest BCUT2D eigenvalue weighted by molar-refractivity contribution is 0.630. The van der Waals surface area contributed by atoms with Crippen LogP contribution in [0.4, 0.5) is 21.6 Å². The zero-order valence-electron chi connectivity index (χ0n) is 22.9. The van der Waals surface area contributed by atoms with E-state index in [1.54, 1.807) is 45.2 Å². The lowest BCUT2D eigenvalue weighted by Gasteiger charge is -2.20. The van der Waals surface area contributed by atoms with E-state index >= 15 is 0 Å². The molecule has 0 unspecified atom stereocenters. The Hall–Kier alpha value is -3.83. The van der Waals surface area contributed by atoms with Crippen LogP contribution in [0.5, 0.6) is 0 Å². The topological polar surface area (TPSA) is 102 Å². The third-order valence-corrected chi connectivity index (χ3v) is 7.07. The first-order valence-corrected chi connectivity index (χ1v) is 13.7. The molecule has 4 aromatic rings. The van der Waals surface area contributed by atoms with Gasteiger partial charge in [0.1, 0.15) is 17.0 Å². The van der Waals surface area contributed by atoms with Crippen molar-refractivity contribution in [1.29, 1.82) is 0 Å². The van der Waals surface area contributed by atoms with E-state index in [1.807, 2.05) is 26.0 Å². The first-order valence-electron chi connectivity index (χ1n) is 12.9. The SMILES string of the molecule is CC.CNSNc1ccc(-n2c(=O)n(C3CC3)c(=O)c3c(Nc4ccc(C)cc4F)n(C)c(=O)c(C)c32)cc1. The second-order valence-corrected chi connectivity index (χ2v) is 9.97. The molecule has 206 valence electrons. The monoisotopic (exact) mass is 552 g/mol. The van der Waals surface area contributed by atoms with E-state index in [9.17, 15) is 18.8 Å². The van der Waals surface area contributed by atoms with Crippen molar-refractivity contribution in [3.8, 4) is 5.69 Å². The van der Waals surface area contributed by atoms with E-state index in [2.05, 4.69) is 14.8 Å². The molecule has 2 heterocycles. The molecule has 0 aliphatic heterocycles. The Labute approximate surface area is 229 Å². The Morgan fingerprint density at radius 1 is 0.974 bits per heavy atom. The van der Waals surface area contributed by atoms with Crippen molar-refractivity contribution in [2.75, 3.05) is 17.1 Å². The molecule has 1 aliphatic rings. The Balaban J connectivity index is 0.00000172. The number of halogens is 1. The molecule has 0 bridgehead atoms. The molecule has 3 N–H and O–H groups in total. The molecule has 11 heteroatoms. The van der Waals surface area contributed by atoms with Gasteiger partial charge in [-0.1, -0.05) is 19.9 Å². The summed E-state index contributed by atoms with van der Waals surface area (Å²) < 4.78 is 24.8. The predicted octanol–water partition coefficient (Wildman–Crippen LogP) is 4.91. The largest absolute Gasteiger partial charge is 0.338 e. The molecule has 0 radical (unpaired) electrons. The number of pyridine rings is 1. The normalized spacial score (nSPS) is 12.7. The van der Waals surface area contributed by atoms with Crippen molar-refractivity contribution < 1.29 is 4.39 Å². The Morgan fingerprint density at radius 3 is 2.23 bits per heavy atom. The van der Waals surface area contributed by atoms with Crippen LogP contribution in [0, 0.1) is 19.7 Å². The molecule has 1 aliphatic carbocycles. The molecule has 1 fully saturated rings. The zero-order valence-corrected chi connectivity index (χ0v) is 23.7. The maximum Gasteiger partial charge on any atom is 0.336 e. The van der Waals surface area contributed by atoms with Gasteiger partial charge in [0.2, 0.25) is 0 Å². The summed E-state index contributed by atoms with van der Waals surface area (Å²) in [5, 5.41) is 3.13. The minimum atomic E-state index is -0.514. The van der Waals surface area contributed by atoms with E-state index in [-0.39, 0.29) is 34.0 Å². The summed E-state index contributed by atoms with van der Waals surface area (Å²) in [4.78, 5) is 40.9. The smallest absolute Gasteiger partial charge is 0.336 e. The van der Waals surface area contributed by atoms with Crippen molar-refractivity contribution in [2.45, 2.75) is 46.6 Å². The fraction of sp³-hybridized carbons (Fsp3) is 0.321. The fourth-order valence-electron chi connectivity index (χ4n) is 4.49. The van der Waals surface area contributed by atoms with Crippen molar-refractivity contribution in [3.05, 3.63) is 90.6 Å². The first kappa shape index (κ1) is 28.2. The number of rotatable bonds is 7. The molecule has 39 heavy (non-hydrogen) atoms. The van der Waals surface area contributed by atoms with E-state index in [0.717, 1.165) is 11.3 Å². The standard InChI is InChI=1S/C26H27FN6O3S.C2H6/c1-14-5-12-20(19(27)13-14)29-23-21-22(15(2)24(34)31(23)4)32(26(36)33(25(21)35)18-10-11-18)17-8-6-16(7-9-17)30-37-28-3;1-2/h5-9,12-13,18,28-30H,10-11H2,1-4H3;1-2H3. The van der Waals surface area contributed by atoms with E-state index in [4.69, 9.17) is 0 Å². The molecule has 2 aromatic heterocycles. The van der Waals surface area contributed by atoms with Crippen LogP contribution in [0.1, 0.15) is 43.9 Å². The van der Waals surface area contributed by atoms with Gasteiger partial charge in [-0.15, -0.1) is 0 Å². The van der Waals surface area contributed by atoms with Crippen molar-refractivity contribution in [2.24, 2.45) is 7.05 Å². The average molecular weight is 553 g/mol. The summed E-state index contributed by atoms with van der Waals surface area (Å²) in [6, 6.07) is 11.6. The van der Waals surface area contributed by atoms with Crippen LogP contribution in [-0.4, -0.2) is 20.7 Å². The lowest BCUT2D eigenvalue weighted by Crippen LogP contribution is -2.41.